The van der Waals surface area contributed by atoms with E-state index in [1.807, 2.05) is 48.5 Å². The van der Waals surface area contributed by atoms with E-state index in [0.29, 0.717) is 23.8 Å². The van der Waals surface area contributed by atoms with E-state index in [4.69, 9.17) is 14.5 Å². The van der Waals surface area contributed by atoms with Crippen molar-refractivity contribution in [1.82, 2.24) is 15.0 Å². The fourth-order valence-electron chi connectivity index (χ4n) is 2.84. The first kappa shape index (κ1) is 18.6. The van der Waals surface area contributed by atoms with Gasteiger partial charge in [0.05, 0.1) is 25.3 Å². The van der Waals surface area contributed by atoms with Gasteiger partial charge in [0.2, 0.25) is 11.7 Å². The second-order valence-electron chi connectivity index (χ2n) is 6.26. The summed E-state index contributed by atoms with van der Waals surface area (Å²) in [7, 11) is 1.64. The summed E-state index contributed by atoms with van der Waals surface area (Å²) in [6.45, 7) is 4.40. The van der Waals surface area contributed by atoms with Crippen LogP contribution in [0.1, 0.15) is 30.4 Å². The summed E-state index contributed by atoms with van der Waals surface area (Å²) in [6, 6.07) is 17.4. The summed E-state index contributed by atoms with van der Waals surface area (Å²) in [5, 5.41) is 13.0. The van der Waals surface area contributed by atoms with Gasteiger partial charge >= 0.3 is 0 Å². The molecule has 1 heterocycles. The van der Waals surface area contributed by atoms with Crippen LogP contribution in [0, 0.1) is 11.3 Å². The Kier molecular flexibility index (Phi) is 6.18. The lowest BCUT2D eigenvalue weighted by Gasteiger charge is -2.19. The third-order valence-electron chi connectivity index (χ3n) is 4.20. The fraction of sp³-hybridized carbons (Fsp3) is 0.286. The van der Waals surface area contributed by atoms with Crippen LogP contribution < -0.4 is 4.74 Å². The summed E-state index contributed by atoms with van der Waals surface area (Å²) < 4.78 is 10.6. The van der Waals surface area contributed by atoms with Gasteiger partial charge in [-0.15, -0.1) is 0 Å². The average molecular weight is 362 g/mol. The quantitative estimate of drug-likeness (QED) is 0.602. The molecule has 0 unspecified atom stereocenters. The molecule has 0 N–H and O–H groups in total. The normalized spacial score (nSPS) is 10.7. The van der Waals surface area contributed by atoms with Crippen LogP contribution >= 0.6 is 0 Å². The zero-order valence-electron chi connectivity index (χ0n) is 15.6. The minimum absolute atomic E-state index is 0.572. The van der Waals surface area contributed by atoms with Crippen molar-refractivity contribution in [1.29, 1.82) is 5.26 Å². The number of hydrogen-bond acceptors (Lipinski definition) is 6. The molecule has 0 aliphatic carbocycles. The molecule has 0 fully saturated rings. The highest BCUT2D eigenvalue weighted by molar-refractivity contribution is 5.55. The smallest absolute Gasteiger partial charge is 0.241 e. The van der Waals surface area contributed by atoms with Gasteiger partial charge in [0.15, 0.2) is 0 Å². The van der Waals surface area contributed by atoms with Crippen LogP contribution in [0.5, 0.6) is 5.75 Å². The molecule has 138 valence electrons. The average Bonchev–Trinajstić information content (AvgIpc) is 3.17. The van der Waals surface area contributed by atoms with Crippen molar-refractivity contribution in [2.75, 3.05) is 13.7 Å². The Balaban J connectivity index is 1.68. The maximum atomic E-state index is 8.92. The first-order chi connectivity index (χ1) is 13.2. The monoisotopic (exact) mass is 362 g/mol. The minimum Gasteiger partial charge on any atom is -0.497 e. The van der Waals surface area contributed by atoms with Gasteiger partial charge in [0.1, 0.15) is 5.75 Å². The van der Waals surface area contributed by atoms with E-state index in [1.165, 1.54) is 0 Å². The number of nitrogens with zero attached hydrogens (tertiary/aromatic N) is 4. The first-order valence-electron chi connectivity index (χ1n) is 8.90. The molecule has 0 atom stereocenters. The topological polar surface area (TPSA) is 75.2 Å². The summed E-state index contributed by atoms with van der Waals surface area (Å²) in [5.41, 5.74) is 2.71. The van der Waals surface area contributed by atoms with Crippen molar-refractivity contribution in [3.8, 4) is 23.2 Å². The van der Waals surface area contributed by atoms with Crippen LogP contribution in [0.15, 0.2) is 53.1 Å². The highest BCUT2D eigenvalue weighted by atomic mass is 16.5. The van der Waals surface area contributed by atoms with Gasteiger partial charge in [-0.05, 0) is 54.9 Å². The van der Waals surface area contributed by atoms with Crippen LogP contribution in [0.25, 0.3) is 11.4 Å². The van der Waals surface area contributed by atoms with Crippen LogP contribution in [0.4, 0.5) is 0 Å². The Morgan fingerprint density at radius 1 is 1.07 bits per heavy atom. The van der Waals surface area contributed by atoms with Crippen molar-refractivity contribution >= 4 is 0 Å². The van der Waals surface area contributed by atoms with Crippen molar-refractivity contribution in [2.24, 2.45) is 0 Å². The van der Waals surface area contributed by atoms with Crippen LogP contribution in [0.2, 0.25) is 0 Å². The molecule has 6 heteroatoms. The lowest BCUT2D eigenvalue weighted by Crippen LogP contribution is -2.23. The number of nitriles is 1. The summed E-state index contributed by atoms with van der Waals surface area (Å²) in [4.78, 5) is 6.78. The van der Waals surface area contributed by atoms with Crippen molar-refractivity contribution in [2.45, 2.75) is 26.4 Å². The van der Waals surface area contributed by atoms with Gasteiger partial charge in [0, 0.05) is 12.1 Å². The predicted octanol–water partition coefficient (Wildman–Crippen LogP) is 4.03. The van der Waals surface area contributed by atoms with E-state index < -0.39 is 0 Å². The Bertz CT molecular complexity index is 895. The molecule has 0 saturated carbocycles. The zero-order valence-corrected chi connectivity index (χ0v) is 15.6. The van der Waals surface area contributed by atoms with Crippen molar-refractivity contribution in [3.63, 3.8) is 0 Å². The molecule has 2 aromatic carbocycles. The molecule has 6 nitrogen and oxygen atoms in total. The van der Waals surface area contributed by atoms with Gasteiger partial charge in [-0.3, -0.25) is 4.90 Å². The van der Waals surface area contributed by atoms with Gasteiger partial charge in [-0.1, -0.05) is 24.2 Å². The lowest BCUT2D eigenvalue weighted by atomic mass is 10.1. The molecule has 0 amide bonds. The van der Waals surface area contributed by atoms with E-state index in [9.17, 15) is 0 Å². The lowest BCUT2D eigenvalue weighted by molar-refractivity contribution is 0.219. The summed E-state index contributed by atoms with van der Waals surface area (Å²) in [6.07, 6.45) is 1.02. The van der Waals surface area contributed by atoms with Crippen molar-refractivity contribution < 1.29 is 9.26 Å². The number of hydrogen-bond donors (Lipinski definition) is 0. The van der Waals surface area contributed by atoms with E-state index in [1.54, 1.807) is 7.11 Å². The van der Waals surface area contributed by atoms with Crippen LogP contribution in [0.3, 0.4) is 0 Å². The number of benzene rings is 2. The van der Waals surface area contributed by atoms with E-state index in [2.05, 4.69) is 28.0 Å². The molecule has 3 aromatic rings. The number of aromatic nitrogens is 2. The summed E-state index contributed by atoms with van der Waals surface area (Å²) >= 11 is 0. The molecule has 1 aromatic heterocycles. The highest BCUT2D eigenvalue weighted by Crippen LogP contribution is 2.20. The maximum Gasteiger partial charge on any atom is 0.241 e. The van der Waals surface area contributed by atoms with Crippen LogP contribution in [-0.2, 0) is 13.1 Å². The number of methoxy groups -OCH3 is 1. The van der Waals surface area contributed by atoms with E-state index in [0.717, 1.165) is 36.4 Å². The van der Waals surface area contributed by atoms with E-state index >= 15 is 0 Å². The van der Waals surface area contributed by atoms with Gasteiger partial charge in [0.25, 0.3) is 0 Å². The second kappa shape index (κ2) is 8.97. The standard InChI is InChI=1S/C21H22N4O2/c1-3-12-25(14-17-6-4-16(13-22)5-7-17)15-20-23-21(24-27-20)18-8-10-19(26-2)11-9-18/h4-11H,3,12,14-15H2,1-2H3. The second-order valence-corrected chi connectivity index (χ2v) is 6.26. The van der Waals surface area contributed by atoms with Crippen molar-refractivity contribution in [3.05, 3.63) is 65.5 Å². The molecule has 27 heavy (non-hydrogen) atoms. The van der Waals surface area contributed by atoms with Gasteiger partial charge in [-0.25, -0.2) is 0 Å². The molecule has 0 radical (unpaired) electrons. The van der Waals surface area contributed by atoms with Crippen LogP contribution in [-0.4, -0.2) is 28.7 Å². The molecular formula is C21H22N4O2. The summed E-state index contributed by atoms with van der Waals surface area (Å²) in [5.74, 6) is 1.95. The van der Waals surface area contributed by atoms with Gasteiger partial charge < -0.3 is 9.26 Å². The number of rotatable bonds is 8. The Hall–Kier alpha value is -3.17. The third kappa shape index (κ3) is 4.93. The maximum absolute atomic E-state index is 8.92. The Morgan fingerprint density at radius 2 is 1.81 bits per heavy atom. The fourth-order valence-corrected chi connectivity index (χ4v) is 2.84. The Morgan fingerprint density at radius 3 is 2.44 bits per heavy atom. The molecule has 0 spiro atoms. The Labute approximate surface area is 159 Å². The molecule has 0 aliphatic heterocycles. The molecule has 0 saturated heterocycles. The van der Waals surface area contributed by atoms with Gasteiger partial charge in [-0.2, -0.15) is 10.2 Å². The highest BCUT2D eigenvalue weighted by Gasteiger charge is 2.13. The molecule has 0 aliphatic rings. The zero-order chi connectivity index (χ0) is 19.1. The molecule has 3 rings (SSSR count). The molecular weight excluding hydrogens is 340 g/mol. The SMILES string of the molecule is CCCN(Cc1ccc(C#N)cc1)Cc1nc(-c2ccc(OC)cc2)no1. The molecule has 0 bridgehead atoms. The third-order valence-corrected chi connectivity index (χ3v) is 4.20. The largest absolute Gasteiger partial charge is 0.497 e. The first-order valence-corrected chi connectivity index (χ1v) is 8.90. The van der Waals surface area contributed by atoms with E-state index in [-0.39, 0.29) is 0 Å². The number of ether oxygens (including phenoxy) is 1. The predicted molar refractivity (Wildman–Crippen MR) is 102 cm³/mol. The minimum atomic E-state index is 0.572.